The number of non-ortho nitro benzene ring substituents is 1. The molecule has 10 nitrogen and oxygen atoms in total. The van der Waals surface area contributed by atoms with Crippen LogP contribution in [0, 0.1) is 10.1 Å². The highest BCUT2D eigenvalue weighted by molar-refractivity contribution is 5.94. The molecule has 29 heavy (non-hydrogen) atoms. The lowest BCUT2D eigenvalue weighted by molar-refractivity contribution is -0.384. The maximum absolute atomic E-state index is 12.5. The topological polar surface area (TPSA) is 121 Å². The van der Waals surface area contributed by atoms with E-state index in [4.69, 9.17) is 13.9 Å². The monoisotopic (exact) mass is 398 g/mol. The summed E-state index contributed by atoms with van der Waals surface area (Å²) < 4.78 is 16.1. The summed E-state index contributed by atoms with van der Waals surface area (Å²) in [6.45, 7) is 0.0795. The molecule has 0 aliphatic rings. The maximum Gasteiger partial charge on any atom is 0.269 e. The van der Waals surface area contributed by atoms with Gasteiger partial charge in [-0.25, -0.2) is 0 Å². The van der Waals surface area contributed by atoms with Crippen molar-refractivity contribution in [3.05, 3.63) is 64.0 Å². The summed E-state index contributed by atoms with van der Waals surface area (Å²) >= 11 is 0. The number of hydrogen-bond acceptors (Lipinski definition) is 8. The number of aromatic nitrogens is 2. The number of amides is 1. The largest absolute Gasteiger partial charge is 0.493 e. The van der Waals surface area contributed by atoms with E-state index in [9.17, 15) is 14.9 Å². The SMILES string of the molecule is COc1ccc(-c2nnc(CN(C)C(=O)c3ccc([N+](=O)[O-])cc3)o2)cc1OC. The second kappa shape index (κ2) is 8.38. The molecular weight excluding hydrogens is 380 g/mol. The number of carbonyl (C=O) groups is 1. The van der Waals surface area contributed by atoms with Crippen LogP contribution in [0.5, 0.6) is 11.5 Å². The number of nitro groups is 1. The number of ether oxygens (including phenoxy) is 2. The van der Waals surface area contributed by atoms with E-state index in [1.165, 1.54) is 36.3 Å². The third-order valence-electron chi connectivity index (χ3n) is 4.14. The van der Waals surface area contributed by atoms with Gasteiger partial charge >= 0.3 is 0 Å². The molecule has 0 saturated carbocycles. The highest BCUT2D eigenvalue weighted by Gasteiger charge is 2.18. The predicted octanol–water partition coefficient (Wildman–Crippen LogP) is 2.93. The zero-order chi connectivity index (χ0) is 21.0. The lowest BCUT2D eigenvalue weighted by Gasteiger charge is -2.14. The zero-order valence-electron chi connectivity index (χ0n) is 16.0. The van der Waals surface area contributed by atoms with Crippen LogP contribution in [0.2, 0.25) is 0 Å². The van der Waals surface area contributed by atoms with E-state index >= 15 is 0 Å². The molecule has 3 rings (SSSR count). The Hall–Kier alpha value is -3.95. The Morgan fingerprint density at radius 2 is 1.79 bits per heavy atom. The molecule has 1 heterocycles. The number of hydrogen-bond donors (Lipinski definition) is 0. The quantitative estimate of drug-likeness (QED) is 0.440. The van der Waals surface area contributed by atoms with Gasteiger partial charge in [0.05, 0.1) is 25.7 Å². The number of nitrogens with zero attached hydrogens (tertiary/aromatic N) is 4. The van der Waals surface area contributed by atoms with Crippen LogP contribution >= 0.6 is 0 Å². The summed E-state index contributed by atoms with van der Waals surface area (Å²) in [5, 5.41) is 18.7. The lowest BCUT2D eigenvalue weighted by atomic mass is 10.2. The van der Waals surface area contributed by atoms with Crippen molar-refractivity contribution >= 4 is 11.6 Å². The Morgan fingerprint density at radius 3 is 2.41 bits per heavy atom. The smallest absolute Gasteiger partial charge is 0.269 e. The third kappa shape index (κ3) is 4.32. The van der Waals surface area contributed by atoms with Crippen molar-refractivity contribution in [1.82, 2.24) is 15.1 Å². The van der Waals surface area contributed by atoms with Crippen molar-refractivity contribution in [2.45, 2.75) is 6.54 Å². The molecule has 0 N–H and O–H groups in total. The molecule has 0 bridgehead atoms. The summed E-state index contributed by atoms with van der Waals surface area (Å²) in [7, 11) is 4.64. The van der Waals surface area contributed by atoms with Crippen LogP contribution in [-0.4, -0.2) is 47.2 Å². The molecule has 10 heteroatoms. The molecule has 1 aromatic heterocycles. The molecule has 0 spiro atoms. The van der Waals surface area contributed by atoms with Crippen LogP contribution in [0.1, 0.15) is 16.2 Å². The van der Waals surface area contributed by atoms with Gasteiger partial charge in [0.1, 0.15) is 0 Å². The van der Waals surface area contributed by atoms with Gasteiger partial charge in [-0.15, -0.1) is 10.2 Å². The van der Waals surface area contributed by atoms with Crippen LogP contribution < -0.4 is 9.47 Å². The van der Waals surface area contributed by atoms with Gasteiger partial charge in [0.25, 0.3) is 11.6 Å². The Labute approximate surface area is 165 Å². The van der Waals surface area contributed by atoms with Gasteiger partial charge in [-0.05, 0) is 30.3 Å². The van der Waals surface area contributed by atoms with Gasteiger partial charge in [-0.2, -0.15) is 0 Å². The van der Waals surface area contributed by atoms with Crippen molar-refractivity contribution in [1.29, 1.82) is 0 Å². The second-order valence-electron chi connectivity index (χ2n) is 6.04. The molecule has 0 aliphatic carbocycles. The summed E-state index contributed by atoms with van der Waals surface area (Å²) in [5.74, 6) is 1.29. The fraction of sp³-hybridized carbons (Fsp3) is 0.211. The van der Waals surface area contributed by atoms with Gasteiger partial charge in [0, 0.05) is 30.3 Å². The van der Waals surface area contributed by atoms with Crippen molar-refractivity contribution in [3.8, 4) is 23.0 Å². The van der Waals surface area contributed by atoms with Crippen LogP contribution in [0.25, 0.3) is 11.5 Å². The number of carbonyl (C=O) groups excluding carboxylic acids is 1. The maximum atomic E-state index is 12.5. The molecule has 0 unspecified atom stereocenters. The van der Waals surface area contributed by atoms with Gasteiger partial charge < -0.3 is 18.8 Å². The predicted molar refractivity (Wildman–Crippen MR) is 102 cm³/mol. The third-order valence-corrected chi connectivity index (χ3v) is 4.14. The first-order valence-electron chi connectivity index (χ1n) is 8.47. The fourth-order valence-electron chi connectivity index (χ4n) is 2.62. The van der Waals surface area contributed by atoms with Crippen molar-refractivity contribution in [3.63, 3.8) is 0 Å². The summed E-state index contributed by atoms with van der Waals surface area (Å²) in [6.07, 6.45) is 0. The molecule has 0 saturated heterocycles. The van der Waals surface area contributed by atoms with Crippen molar-refractivity contribution in [2.24, 2.45) is 0 Å². The Bertz CT molecular complexity index is 1030. The molecule has 1 amide bonds. The van der Waals surface area contributed by atoms with Crippen LogP contribution in [0.3, 0.4) is 0 Å². The van der Waals surface area contributed by atoms with Crippen molar-refractivity contribution < 1.29 is 23.6 Å². The Morgan fingerprint density at radius 1 is 1.10 bits per heavy atom. The van der Waals surface area contributed by atoms with E-state index in [-0.39, 0.29) is 29.9 Å². The highest BCUT2D eigenvalue weighted by atomic mass is 16.6. The average molecular weight is 398 g/mol. The van der Waals surface area contributed by atoms with Crippen LogP contribution in [0.4, 0.5) is 5.69 Å². The van der Waals surface area contributed by atoms with E-state index in [2.05, 4.69) is 10.2 Å². The van der Waals surface area contributed by atoms with Gasteiger partial charge in [-0.3, -0.25) is 14.9 Å². The normalized spacial score (nSPS) is 10.4. The van der Waals surface area contributed by atoms with Crippen LogP contribution in [-0.2, 0) is 6.54 Å². The van der Waals surface area contributed by atoms with Gasteiger partial charge in [0.15, 0.2) is 11.5 Å². The molecule has 0 fully saturated rings. The number of benzene rings is 2. The van der Waals surface area contributed by atoms with Crippen molar-refractivity contribution in [2.75, 3.05) is 21.3 Å². The minimum absolute atomic E-state index is 0.0795. The second-order valence-corrected chi connectivity index (χ2v) is 6.04. The minimum atomic E-state index is -0.522. The molecule has 2 aromatic carbocycles. The Balaban J connectivity index is 1.72. The molecule has 0 atom stereocenters. The number of methoxy groups -OCH3 is 2. The molecule has 0 aliphatic heterocycles. The van der Waals surface area contributed by atoms with E-state index in [0.29, 0.717) is 22.6 Å². The van der Waals surface area contributed by atoms with E-state index in [1.807, 2.05) is 0 Å². The summed E-state index contributed by atoms with van der Waals surface area (Å²) in [5.41, 5.74) is 0.879. The van der Waals surface area contributed by atoms with Crippen LogP contribution in [0.15, 0.2) is 46.9 Å². The summed E-state index contributed by atoms with van der Waals surface area (Å²) in [6, 6.07) is 10.6. The first-order valence-corrected chi connectivity index (χ1v) is 8.47. The first-order chi connectivity index (χ1) is 13.9. The van der Waals surface area contributed by atoms with E-state index in [0.717, 1.165) is 0 Å². The minimum Gasteiger partial charge on any atom is -0.493 e. The zero-order valence-corrected chi connectivity index (χ0v) is 16.0. The number of nitro benzene ring substituents is 1. The average Bonchev–Trinajstić information content (AvgIpc) is 3.21. The number of rotatable bonds is 7. The molecule has 3 aromatic rings. The molecule has 150 valence electrons. The molecule has 0 radical (unpaired) electrons. The van der Waals surface area contributed by atoms with E-state index in [1.54, 1.807) is 32.4 Å². The standard InChI is InChI=1S/C19H18N4O6/c1-22(19(24)12-4-7-14(8-5-12)23(25)26)11-17-20-21-18(29-17)13-6-9-15(27-2)16(10-13)28-3/h4-10H,11H2,1-3H3. The van der Waals surface area contributed by atoms with Gasteiger partial charge in [-0.1, -0.05) is 0 Å². The lowest BCUT2D eigenvalue weighted by Crippen LogP contribution is -2.26. The fourth-order valence-corrected chi connectivity index (χ4v) is 2.62. The van der Waals surface area contributed by atoms with E-state index < -0.39 is 4.92 Å². The molecular formula is C19H18N4O6. The Kier molecular flexibility index (Phi) is 5.72. The highest BCUT2D eigenvalue weighted by Crippen LogP contribution is 2.31. The summed E-state index contributed by atoms with van der Waals surface area (Å²) in [4.78, 5) is 24.1. The first kappa shape index (κ1) is 19.8. The van der Waals surface area contributed by atoms with Gasteiger partial charge in [0.2, 0.25) is 11.8 Å².